The first-order valence-electron chi connectivity index (χ1n) is 6.33. The Labute approximate surface area is 117 Å². The van der Waals surface area contributed by atoms with Gasteiger partial charge in [0, 0.05) is 6.54 Å². The second-order valence-electron chi connectivity index (χ2n) is 4.78. The van der Waals surface area contributed by atoms with Crippen molar-refractivity contribution in [2.24, 2.45) is 11.8 Å². The Morgan fingerprint density at radius 2 is 1.95 bits per heavy atom. The van der Waals surface area contributed by atoms with E-state index in [4.69, 9.17) is 5.84 Å². The Bertz CT molecular complexity index is 460. The number of aromatic nitrogens is 2. The van der Waals surface area contributed by atoms with Crippen LogP contribution in [0.25, 0.3) is 0 Å². The molecule has 1 unspecified atom stereocenters. The first-order chi connectivity index (χ1) is 9.43. The number of nitrogen functional groups attached to an aromatic ring is 1. The van der Waals surface area contributed by atoms with Gasteiger partial charge in [0.15, 0.2) is 11.5 Å². The molecule has 1 heterocycles. The number of hydrazine groups is 1. The summed E-state index contributed by atoms with van der Waals surface area (Å²) in [6.45, 7) is 6.16. The zero-order valence-electron chi connectivity index (χ0n) is 11.8. The highest BCUT2D eigenvalue weighted by atomic mass is 16.2. The van der Waals surface area contributed by atoms with Crippen LogP contribution in [0.5, 0.6) is 0 Å². The van der Waals surface area contributed by atoms with Gasteiger partial charge >= 0.3 is 0 Å². The lowest BCUT2D eigenvalue weighted by atomic mass is 10.2. The molecule has 0 spiro atoms. The maximum atomic E-state index is 11.9. The summed E-state index contributed by atoms with van der Waals surface area (Å²) in [4.78, 5) is 23.6. The van der Waals surface area contributed by atoms with Crippen LogP contribution in [0.2, 0.25) is 0 Å². The molecule has 8 heteroatoms. The number of hydrogen-bond donors (Lipinski definition) is 4. The van der Waals surface area contributed by atoms with Gasteiger partial charge < -0.3 is 16.1 Å². The minimum Gasteiger partial charge on any atom is -0.354 e. The molecule has 0 aliphatic carbocycles. The second-order valence-corrected chi connectivity index (χ2v) is 4.78. The third-order valence-electron chi connectivity index (χ3n) is 2.47. The molecule has 110 valence electrons. The summed E-state index contributed by atoms with van der Waals surface area (Å²) in [5.41, 5.74) is 2.43. The van der Waals surface area contributed by atoms with Crippen molar-refractivity contribution < 1.29 is 9.59 Å². The van der Waals surface area contributed by atoms with Crippen LogP contribution in [-0.4, -0.2) is 34.6 Å². The summed E-state index contributed by atoms with van der Waals surface area (Å²) in [5, 5.41) is 12.7. The maximum Gasteiger partial charge on any atom is 0.272 e. The van der Waals surface area contributed by atoms with E-state index in [2.05, 4.69) is 26.3 Å². The number of hydrogen-bond acceptors (Lipinski definition) is 6. The van der Waals surface area contributed by atoms with Gasteiger partial charge in [-0.25, -0.2) is 5.84 Å². The fraction of sp³-hybridized carbons (Fsp3) is 0.500. The molecule has 5 N–H and O–H groups in total. The Balaban J connectivity index is 2.53. The lowest BCUT2D eigenvalue weighted by molar-refractivity contribution is -0.122. The minimum absolute atomic E-state index is 0.118. The SMILES string of the molecule is CC(C)CNC(=O)C(C)NC(=O)c1ccc(NN)nn1. The number of nitrogens with two attached hydrogens (primary N) is 1. The van der Waals surface area contributed by atoms with E-state index in [0.29, 0.717) is 18.3 Å². The molecule has 20 heavy (non-hydrogen) atoms. The average Bonchev–Trinajstić information content (AvgIpc) is 2.44. The first-order valence-corrected chi connectivity index (χ1v) is 6.33. The summed E-state index contributed by atoms with van der Waals surface area (Å²) in [6, 6.07) is 2.34. The molecule has 0 radical (unpaired) electrons. The number of nitrogens with one attached hydrogen (secondary N) is 3. The van der Waals surface area contributed by atoms with Crippen molar-refractivity contribution in [3.63, 3.8) is 0 Å². The van der Waals surface area contributed by atoms with E-state index in [1.807, 2.05) is 13.8 Å². The van der Waals surface area contributed by atoms with Crippen molar-refractivity contribution in [1.29, 1.82) is 0 Å². The Kier molecular flexibility index (Phi) is 5.85. The van der Waals surface area contributed by atoms with E-state index in [0.717, 1.165) is 0 Å². The van der Waals surface area contributed by atoms with E-state index < -0.39 is 11.9 Å². The van der Waals surface area contributed by atoms with Crippen LogP contribution in [-0.2, 0) is 4.79 Å². The fourth-order valence-corrected chi connectivity index (χ4v) is 1.32. The highest BCUT2D eigenvalue weighted by Gasteiger charge is 2.17. The van der Waals surface area contributed by atoms with Crippen LogP contribution in [0.4, 0.5) is 5.82 Å². The molecule has 0 bridgehead atoms. The van der Waals surface area contributed by atoms with Gasteiger partial charge in [-0.2, -0.15) is 0 Å². The molecular weight excluding hydrogens is 260 g/mol. The second kappa shape index (κ2) is 7.39. The van der Waals surface area contributed by atoms with Crippen molar-refractivity contribution >= 4 is 17.6 Å². The number of anilines is 1. The maximum absolute atomic E-state index is 11.9. The molecule has 8 nitrogen and oxygen atoms in total. The molecule has 0 aliphatic rings. The van der Waals surface area contributed by atoms with E-state index in [-0.39, 0.29) is 11.6 Å². The van der Waals surface area contributed by atoms with Crippen LogP contribution in [0.15, 0.2) is 12.1 Å². The van der Waals surface area contributed by atoms with E-state index in [1.54, 1.807) is 6.92 Å². The van der Waals surface area contributed by atoms with Crippen LogP contribution in [0, 0.1) is 5.92 Å². The summed E-state index contributed by atoms with van der Waals surface area (Å²) < 4.78 is 0. The highest BCUT2D eigenvalue weighted by molar-refractivity contribution is 5.95. The third-order valence-corrected chi connectivity index (χ3v) is 2.47. The lowest BCUT2D eigenvalue weighted by Crippen LogP contribution is -2.45. The standard InChI is InChI=1S/C12H20N6O2/c1-7(2)6-14-11(19)8(3)15-12(20)9-4-5-10(16-13)18-17-9/h4-5,7-8H,6,13H2,1-3H3,(H,14,19)(H,15,20)(H,16,18). The van der Waals surface area contributed by atoms with Gasteiger partial charge in [-0.15, -0.1) is 10.2 Å². The van der Waals surface area contributed by atoms with Crippen molar-refractivity contribution in [2.45, 2.75) is 26.8 Å². The zero-order valence-corrected chi connectivity index (χ0v) is 11.8. The lowest BCUT2D eigenvalue weighted by Gasteiger charge is -2.14. The van der Waals surface area contributed by atoms with Gasteiger partial charge in [-0.3, -0.25) is 9.59 Å². The van der Waals surface area contributed by atoms with Crippen molar-refractivity contribution in [3.8, 4) is 0 Å². The van der Waals surface area contributed by atoms with Gasteiger partial charge in [0.05, 0.1) is 0 Å². The van der Waals surface area contributed by atoms with Crippen molar-refractivity contribution in [3.05, 3.63) is 17.8 Å². The summed E-state index contributed by atoms with van der Waals surface area (Å²) >= 11 is 0. The van der Waals surface area contributed by atoms with Crippen LogP contribution >= 0.6 is 0 Å². The highest BCUT2D eigenvalue weighted by Crippen LogP contribution is 2.00. The third kappa shape index (κ3) is 4.81. The topological polar surface area (TPSA) is 122 Å². The molecule has 0 aliphatic heterocycles. The molecule has 1 aromatic heterocycles. The zero-order chi connectivity index (χ0) is 15.1. The Hall–Kier alpha value is -2.22. The van der Waals surface area contributed by atoms with E-state index in [9.17, 15) is 9.59 Å². The predicted molar refractivity (Wildman–Crippen MR) is 74.6 cm³/mol. The normalized spacial score (nSPS) is 11.8. The monoisotopic (exact) mass is 280 g/mol. The van der Waals surface area contributed by atoms with E-state index >= 15 is 0 Å². The number of amides is 2. The number of carbonyl (C=O) groups excluding carboxylic acids is 2. The smallest absolute Gasteiger partial charge is 0.272 e. The van der Waals surface area contributed by atoms with Crippen LogP contribution in [0.1, 0.15) is 31.3 Å². The summed E-state index contributed by atoms with van der Waals surface area (Å²) in [5.74, 6) is 5.15. The molecule has 2 amide bonds. The van der Waals surface area contributed by atoms with Crippen LogP contribution < -0.4 is 21.9 Å². The molecule has 1 atom stereocenters. The van der Waals surface area contributed by atoms with Gasteiger partial charge in [0.1, 0.15) is 6.04 Å². The molecule has 0 saturated heterocycles. The van der Waals surface area contributed by atoms with E-state index in [1.165, 1.54) is 12.1 Å². The summed E-state index contributed by atoms with van der Waals surface area (Å²) in [6.07, 6.45) is 0. The number of rotatable bonds is 6. The summed E-state index contributed by atoms with van der Waals surface area (Å²) in [7, 11) is 0. The van der Waals surface area contributed by atoms with Gasteiger partial charge in [0.2, 0.25) is 5.91 Å². The first kappa shape index (κ1) is 15.8. The average molecular weight is 280 g/mol. The quantitative estimate of drug-likeness (QED) is 0.417. The number of carbonyl (C=O) groups is 2. The minimum atomic E-state index is -0.643. The molecule has 0 saturated carbocycles. The van der Waals surface area contributed by atoms with Crippen molar-refractivity contribution in [2.75, 3.05) is 12.0 Å². The van der Waals surface area contributed by atoms with Gasteiger partial charge in [0.25, 0.3) is 5.91 Å². The number of nitrogens with zero attached hydrogens (tertiary/aromatic N) is 2. The van der Waals surface area contributed by atoms with Gasteiger partial charge in [-0.05, 0) is 25.0 Å². The molecular formula is C12H20N6O2. The fourth-order valence-electron chi connectivity index (χ4n) is 1.32. The van der Waals surface area contributed by atoms with Crippen LogP contribution in [0.3, 0.4) is 0 Å². The molecule has 0 aromatic carbocycles. The van der Waals surface area contributed by atoms with Crippen molar-refractivity contribution in [1.82, 2.24) is 20.8 Å². The predicted octanol–water partition coefficient (Wildman–Crippen LogP) is -0.347. The molecule has 0 fully saturated rings. The molecule has 1 rings (SSSR count). The van der Waals surface area contributed by atoms with Gasteiger partial charge in [-0.1, -0.05) is 13.8 Å². The Morgan fingerprint density at radius 3 is 2.45 bits per heavy atom. The largest absolute Gasteiger partial charge is 0.354 e. The Morgan fingerprint density at radius 1 is 1.25 bits per heavy atom. The molecule has 1 aromatic rings.